The first-order valence-electron chi connectivity index (χ1n) is 24.6. The van der Waals surface area contributed by atoms with Gasteiger partial charge in [-0.15, -0.1) is 0 Å². The molecule has 2 unspecified atom stereocenters. The van der Waals surface area contributed by atoms with E-state index in [2.05, 4.69) is 232 Å². The molecule has 12 aromatic carbocycles. The van der Waals surface area contributed by atoms with Gasteiger partial charge >= 0.3 is 0 Å². The smallest absolute Gasteiger partial charge is 0.0517 e. The first kappa shape index (κ1) is 39.4. The molecule has 1 heterocycles. The molecule has 1 fully saturated rings. The number of rotatable bonds is 5. The van der Waals surface area contributed by atoms with Crippen molar-refractivity contribution in [3.63, 3.8) is 0 Å². The Hall–Kier alpha value is -7.74. The summed E-state index contributed by atoms with van der Waals surface area (Å²) < 4.78 is 0. The average molecular weight is 870 g/mol. The Balaban J connectivity index is 1.14. The number of hydrogen-bond acceptors (Lipinski definition) is 1. The highest BCUT2D eigenvalue weighted by molar-refractivity contribution is 6.33. The molecule has 0 amide bonds. The number of benzene rings is 12. The monoisotopic (exact) mass is 869 g/mol. The van der Waals surface area contributed by atoms with Gasteiger partial charge in [0.1, 0.15) is 0 Å². The van der Waals surface area contributed by atoms with Crippen LogP contribution in [0.2, 0.25) is 0 Å². The van der Waals surface area contributed by atoms with Crippen LogP contribution in [0.3, 0.4) is 0 Å². The van der Waals surface area contributed by atoms with Crippen molar-refractivity contribution in [2.45, 2.75) is 57.4 Å². The van der Waals surface area contributed by atoms with Crippen molar-refractivity contribution in [1.29, 1.82) is 0 Å². The summed E-state index contributed by atoms with van der Waals surface area (Å²) in [6.07, 6.45) is 4.85. The minimum absolute atomic E-state index is 0.0121. The van der Waals surface area contributed by atoms with Crippen LogP contribution in [0.1, 0.15) is 50.7 Å². The molecule has 14 rings (SSSR count). The molecule has 0 aromatic heterocycles. The van der Waals surface area contributed by atoms with E-state index in [1.807, 2.05) is 0 Å². The van der Waals surface area contributed by atoms with Crippen LogP contribution in [-0.4, -0.2) is 5.54 Å². The molecule has 0 spiro atoms. The van der Waals surface area contributed by atoms with Crippen LogP contribution >= 0.6 is 0 Å². The fourth-order valence-electron chi connectivity index (χ4n) is 13.4. The molecule has 0 radical (unpaired) electrons. The minimum atomic E-state index is -0.0349. The molecule has 0 N–H and O–H groups in total. The van der Waals surface area contributed by atoms with Crippen molar-refractivity contribution >= 4 is 76.0 Å². The van der Waals surface area contributed by atoms with Crippen molar-refractivity contribution in [1.82, 2.24) is 0 Å². The van der Waals surface area contributed by atoms with Crippen molar-refractivity contribution in [3.05, 3.63) is 217 Å². The Labute approximate surface area is 398 Å². The van der Waals surface area contributed by atoms with E-state index in [9.17, 15) is 0 Å². The van der Waals surface area contributed by atoms with Crippen LogP contribution in [0, 0.1) is 6.92 Å². The van der Waals surface area contributed by atoms with Gasteiger partial charge in [-0.2, -0.15) is 0 Å². The number of nitrogens with zero attached hydrogens (tertiary/aromatic N) is 1. The Morgan fingerprint density at radius 3 is 1.25 bits per heavy atom. The highest BCUT2D eigenvalue weighted by Crippen LogP contribution is 2.62. The highest BCUT2D eigenvalue weighted by Gasteiger charge is 2.57. The van der Waals surface area contributed by atoms with Crippen LogP contribution in [0.25, 0.3) is 109 Å². The third-order valence-corrected chi connectivity index (χ3v) is 16.9. The summed E-state index contributed by atoms with van der Waals surface area (Å²) in [5, 5.41) is 15.4. The van der Waals surface area contributed by atoms with Gasteiger partial charge in [-0.1, -0.05) is 190 Å². The van der Waals surface area contributed by atoms with Crippen molar-refractivity contribution in [3.8, 4) is 44.5 Å². The Kier molecular flexibility index (Phi) is 8.48. The lowest BCUT2D eigenvalue weighted by Crippen LogP contribution is -2.54. The molecule has 2 aliphatic rings. The summed E-state index contributed by atoms with van der Waals surface area (Å²) in [7, 11) is 0. The van der Waals surface area contributed by atoms with E-state index in [0.717, 1.165) is 0 Å². The standard InChI is InChI=1S/C67H51N/c1-42-38-63-62(66(2)36-13-14-37-67(66,3)68(63)46-24-5-4-6-25-46)41-57(42)61-40-60(52-31-17-23-45-20-9-12-28-49(45)52)55-33-32-53-58(50-29-15-21-43-18-7-10-26-47(43)50)39-59(54-34-35-56(61)65(55)64(53)54)51-30-16-22-44-19-8-11-27-48(44)51/h4-12,15-35,38-41H,13-14,36-37H2,1-3H3. The summed E-state index contributed by atoms with van der Waals surface area (Å²) in [4.78, 5) is 2.72. The molecule has 0 bridgehead atoms. The van der Waals surface area contributed by atoms with Gasteiger partial charge in [0.15, 0.2) is 0 Å². The van der Waals surface area contributed by atoms with E-state index in [1.165, 1.54) is 157 Å². The third-order valence-electron chi connectivity index (χ3n) is 16.9. The maximum atomic E-state index is 2.72. The predicted molar refractivity (Wildman–Crippen MR) is 292 cm³/mol. The lowest BCUT2D eigenvalue weighted by atomic mass is 9.61. The molecule has 2 atom stereocenters. The molecule has 1 heteroatoms. The highest BCUT2D eigenvalue weighted by atomic mass is 15.3. The maximum absolute atomic E-state index is 2.72. The normalized spacial score (nSPS) is 18.1. The fourth-order valence-corrected chi connectivity index (χ4v) is 13.4. The molecule has 324 valence electrons. The van der Waals surface area contributed by atoms with Crippen molar-refractivity contribution in [2.75, 3.05) is 4.90 Å². The zero-order valence-corrected chi connectivity index (χ0v) is 38.9. The summed E-state index contributed by atoms with van der Waals surface area (Å²) in [5.74, 6) is 0. The van der Waals surface area contributed by atoms with E-state index in [-0.39, 0.29) is 11.0 Å². The van der Waals surface area contributed by atoms with Gasteiger partial charge in [0.25, 0.3) is 0 Å². The van der Waals surface area contributed by atoms with Gasteiger partial charge in [0, 0.05) is 16.8 Å². The molecule has 1 aliphatic carbocycles. The van der Waals surface area contributed by atoms with Gasteiger partial charge in [-0.05, 0) is 183 Å². The zero-order chi connectivity index (χ0) is 45.3. The second-order valence-electron chi connectivity index (χ2n) is 20.3. The third kappa shape index (κ3) is 5.45. The number of hydrogen-bond donors (Lipinski definition) is 0. The number of para-hydroxylation sites is 1. The van der Waals surface area contributed by atoms with E-state index >= 15 is 0 Å². The number of anilines is 2. The lowest BCUT2D eigenvalue weighted by molar-refractivity contribution is 0.195. The number of fused-ring (bicyclic) bond motifs is 6. The fraction of sp³-hybridized carbons (Fsp3) is 0.134. The topological polar surface area (TPSA) is 3.24 Å². The van der Waals surface area contributed by atoms with Crippen LogP contribution in [0.15, 0.2) is 206 Å². The molecule has 0 saturated heterocycles. The Morgan fingerprint density at radius 1 is 0.353 bits per heavy atom. The van der Waals surface area contributed by atoms with Gasteiger partial charge in [0.05, 0.1) is 5.54 Å². The second kappa shape index (κ2) is 14.6. The predicted octanol–water partition coefficient (Wildman–Crippen LogP) is 18.8. The van der Waals surface area contributed by atoms with E-state index in [1.54, 1.807) is 0 Å². The molecule has 12 aromatic rings. The van der Waals surface area contributed by atoms with Crippen molar-refractivity contribution in [2.24, 2.45) is 0 Å². The van der Waals surface area contributed by atoms with Gasteiger partial charge < -0.3 is 4.90 Å². The molecule has 68 heavy (non-hydrogen) atoms. The largest absolute Gasteiger partial charge is 0.334 e. The van der Waals surface area contributed by atoms with Crippen LogP contribution < -0.4 is 4.90 Å². The molecule has 1 saturated carbocycles. The first-order chi connectivity index (χ1) is 33.4. The van der Waals surface area contributed by atoms with Gasteiger partial charge in [0.2, 0.25) is 0 Å². The second-order valence-corrected chi connectivity index (χ2v) is 20.3. The van der Waals surface area contributed by atoms with E-state index in [4.69, 9.17) is 0 Å². The molecular formula is C67H51N. The number of aryl methyl sites for hydroxylation is 1. The van der Waals surface area contributed by atoms with E-state index < -0.39 is 0 Å². The molecule has 1 aliphatic heterocycles. The van der Waals surface area contributed by atoms with Crippen molar-refractivity contribution < 1.29 is 0 Å². The van der Waals surface area contributed by atoms with Crippen LogP contribution in [0.4, 0.5) is 11.4 Å². The summed E-state index contributed by atoms with van der Waals surface area (Å²) >= 11 is 0. The summed E-state index contributed by atoms with van der Waals surface area (Å²) in [6, 6.07) is 78.4. The van der Waals surface area contributed by atoms with Crippen LogP contribution in [0.5, 0.6) is 0 Å². The Morgan fingerprint density at radius 2 is 0.765 bits per heavy atom. The first-order valence-corrected chi connectivity index (χ1v) is 24.6. The van der Waals surface area contributed by atoms with Gasteiger partial charge in [-0.3, -0.25) is 0 Å². The quantitative estimate of drug-likeness (QED) is 0.156. The summed E-state index contributed by atoms with van der Waals surface area (Å²) in [6.45, 7) is 7.48. The minimum Gasteiger partial charge on any atom is -0.334 e. The Bertz CT molecular complexity index is 3910. The zero-order valence-electron chi connectivity index (χ0n) is 38.9. The van der Waals surface area contributed by atoms with Crippen LogP contribution in [-0.2, 0) is 5.41 Å². The van der Waals surface area contributed by atoms with Gasteiger partial charge in [-0.25, -0.2) is 0 Å². The summed E-state index contributed by atoms with van der Waals surface area (Å²) in [5.41, 5.74) is 15.6. The lowest BCUT2D eigenvalue weighted by Gasteiger charge is -2.50. The maximum Gasteiger partial charge on any atom is 0.0517 e. The molecule has 1 nitrogen and oxygen atoms in total. The molecular weight excluding hydrogens is 819 g/mol. The van der Waals surface area contributed by atoms with E-state index in [0.29, 0.717) is 0 Å². The SMILES string of the molecule is Cc1cc2c(cc1-c1cc(-c3cccc4ccccc34)c3ccc4c(-c5cccc6ccccc56)cc(-c5cccc6ccccc56)c5ccc1c3c54)C1(C)CCCCC1(C)N2c1ccccc1. The average Bonchev–Trinajstić information content (AvgIpc) is 3.59.